The van der Waals surface area contributed by atoms with Crippen molar-refractivity contribution in [1.29, 1.82) is 0 Å². The molecule has 1 aliphatic rings. The number of piperazine rings is 1. The second-order valence-corrected chi connectivity index (χ2v) is 9.67. The van der Waals surface area contributed by atoms with E-state index in [4.69, 9.17) is 0 Å². The van der Waals surface area contributed by atoms with Crippen molar-refractivity contribution in [1.82, 2.24) is 19.8 Å². The lowest BCUT2D eigenvalue weighted by Gasteiger charge is -2.32. The molecule has 0 aliphatic carbocycles. The maximum atomic E-state index is 9.94. The van der Waals surface area contributed by atoms with E-state index in [0.717, 1.165) is 54.3 Å². The summed E-state index contributed by atoms with van der Waals surface area (Å²) >= 11 is 1.68. The van der Waals surface area contributed by atoms with Crippen molar-refractivity contribution in [2.24, 2.45) is 0 Å². The molecule has 0 bridgehead atoms. The molecule has 2 aromatic carbocycles. The van der Waals surface area contributed by atoms with Crippen LogP contribution in [0.4, 0.5) is 5.82 Å². The van der Waals surface area contributed by atoms with Crippen LogP contribution in [0.1, 0.15) is 17.2 Å². The second kappa shape index (κ2) is 9.97. The average Bonchev–Trinajstić information content (AvgIpc) is 3.30. The lowest BCUT2D eigenvalue weighted by molar-refractivity contribution is 0.148. The smallest absolute Gasteiger partial charge is 0.148 e. The molecular formula is C26H29N5OS. The Morgan fingerprint density at radius 1 is 1.00 bits per heavy atom. The van der Waals surface area contributed by atoms with E-state index in [0.29, 0.717) is 0 Å². The number of aliphatic hydroxyl groups excluding tert-OH is 1. The van der Waals surface area contributed by atoms with Gasteiger partial charge in [-0.1, -0.05) is 54.6 Å². The number of hydrogen-bond donors (Lipinski definition) is 2. The highest BCUT2D eigenvalue weighted by molar-refractivity contribution is 7.22. The number of likely N-dealkylation sites (N-methyl/N-ethyl adjacent to an activating group) is 1. The molecule has 7 heteroatoms. The van der Waals surface area contributed by atoms with Gasteiger partial charge < -0.3 is 15.3 Å². The van der Waals surface area contributed by atoms with Gasteiger partial charge in [0.25, 0.3) is 0 Å². The van der Waals surface area contributed by atoms with Crippen molar-refractivity contribution in [2.75, 3.05) is 45.2 Å². The molecule has 1 aliphatic heterocycles. The summed E-state index contributed by atoms with van der Waals surface area (Å²) in [5, 5.41) is 13.4. The predicted molar refractivity (Wildman–Crippen MR) is 136 cm³/mol. The van der Waals surface area contributed by atoms with Gasteiger partial charge in [-0.25, -0.2) is 9.97 Å². The summed E-state index contributed by atoms with van der Waals surface area (Å²) in [7, 11) is 2.19. The zero-order valence-corrected chi connectivity index (χ0v) is 19.6. The van der Waals surface area contributed by atoms with Gasteiger partial charge in [-0.2, -0.15) is 0 Å². The van der Waals surface area contributed by atoms with Crippen LogP contribution in [-0.2, 0) is 6.54 Å². The topological polar surface area (TPSA) is 64.5 Å². The van der Waals surface area contributed by atoms with Gasteiger partial charge in [0.1, 0.15) is 12.1 Å². The third-order valence-electron chi connectivity index (χ3n) is 6.25. The third kappa shape index (κ3) is 5.07. The number of fused-ring (bicyclic) bond motifs is 1. The van der Waals surface area contributed by atoms with Crippen LogP contribution in [0.3, 0.4) is 0 Å². The van der Waals surface area contributed by atoms with E-state index in [-0.39, 0.29) is 12.6 Å². The summed E-state index contributed by atoms with van der Waals surface area (Å²) in [5.74, 6) is 0.755. The number of benzene rings is 2. The molecule has 4 aromatic rings. The van der Waals surface area contributed by atoms with E-state index in [1.54, 1.807) is 17.7 Å². The molecule has 5 rings (SSSR count). The maximum Gasteiger partial charge on any atom is 0.148 e. The van der Waals surface area contributed by atoms with Crippen LogP contribution in [0.25, 0.3) is 20.7 Å². The number of rotatable bonds is 7. The Kier molecular flexibility index (Phi) is 6.64. The molecule has 1 atom stereocenters. The highest BCUT2D eigenvalue weighted by atomic mass is 32.1. The van der Waals surface area contributed by atoms with E-state index in [1.807, 2.05) is 30.3 Å². The lowest BCUT2D eigenvalue weighted by Crippen LogP contribution is -2.43. The van der Waals surface area contributed by atoms with Gasteiger partial charge in [0, 0.05) is 37.6 Å². The SMILES string of the molecule is CN1CCN(Cc2ccc(-c3cc4ncnc(NC(CO)c5ccccc5)c4s3)cc2)CC1. The summed E-state index contributed by atoms with van der Waals surface area (Å²) in [6.45, 7) is 5.52. The molecule has 170 valence electrons. The second-order valence-electron chi connectivity index (χ2n) is 8.61. The van der Waals surface area contributed by atoms with Crippen LogP contribution in [0.5, 0.6) is 0 Å². The van der Waals surface area contributed by atoms with E-state index in [1.165, 1.54) is 16.0 Å². The quantitative estimate of drug-likeness (QED) is 0.431. The highest BCUT2D eigenvalue weighted by Gasteiger charge is 2.16. The van der Waals surface area contributed by atoms with Gasteiger partial charge >= 0.3 is 0 Å². The Bertz CT molecular complexity index is 1190. The number of hydrogen-bond acceptors (Lipinski definition) is 7. The van der Waals surface area contributed by atoms with Gasteiger partial charge in [-0.3, -0.25) is 4.90 Å². The van der Waals surface area contributed by atoms with Gasteiger partial charge in [0.05, 0.1) is 22.9 Å². The van der Waals surface area contributed by atoms with Crippen LogP contribution in [0.15, 0.2) is 67.0 Å². The number of nitrogens with zero attached hydrogens (tertiary/aromatic N) is 4. The molecule has 6 nitrogen and oxygen atoms in total. The monoisotopic (exact) mass is 459 g/mol. The van der Waals surface area contributed by atoms with E-state index in [9.17, 15) is 5.11 Å². The fraction of sp³-hybridized carbons (Fsp3) is 0.308. The van der Waals surface area contributed by atoms with Crippen LogP contribution < -0.4 is 5.32 Å². The number of aliphatic hydroxyl groups is 1. The van der Waals surface area contributed by atoms with E-state index in [2.05, 4.69) is 62.5 Å². The Labute approximate surface area is 198 Å². The fourth-order valence-corrected chi connectivity index (χ4v) is 5.29. The average molecular weight is 460 g/mol. The van der Waals surface area contributed by atoms with Gasteiger partial charge in [0.2, 0.25) is 0 Å². The van der Waals surface area contributed by atoms with Crippen molar-refractivity contribution in [3.8, 4) is 10.4 Å². The van der Waals surface area contributed by atoms with E-state index >= 15 is 0 Å². The highest BCUT2D eigenvalue weighted by Crippen LogP contribution is 2.36. The first-order valence-corrected chi connectivity index (χ1v) is 12.2. The van der Waals surface area contributed by atoms with Gasteiger partial charge in [-0.15, -0.1) is 11.3 Å². The molecule has 0 amide bonds. The fourth-order valence-electron chi connectivity index (χ4n) is 4.22. The number of nitrogens with one attached hydrogen (secondary N) is 1. The molecule has 0 spiro atoms. The molecule has 0 saturated carbocycles. The molecule has 2 N–H and O–H groups in total. The summed E-state index contributed by atoms with van der Waals surface area (Å²) in [4.78, 5) is 15.0. The molecule has 1 fully saturated rings. The Morgan fingerprint density at radius 2 is 1.76 bits per heavy atom. The molecule has 1 saturated heterocycles. The van der Waals surface area contributed by atoms with Crippen LogP contribution in [0.2, 0.25) is 0 Å². The van der Waals surface area contributed by atoms with Crippen molar-refractivity contribution in [3.05, 3.63) is 78.1 Å². The van der Waals surface area contributed by atoms with Crippen molar-refractivity contribution in [3.63, 3.8) is 0 Å². The number of aromatic nitrogens is 2. The van der Waals surface area contributed by atoms with Gasteiger partial charge in [-0.05, 0) is 29.8 Å². The van der Waals surface area contributed by atoms with Gasteiger partial charge in [0.15, 0.2) is 0 Å². The Balaban J connectivity index is 1.34. The summed E-state index contributed by atoms with van der Waals surface area (Å²) in [5.41, 5.74) is 4.48. The van der Waals surface area contributed by atoms with Crippen molar-refractivity contribution < 1.29 is 5.11 Å². The first-order valence-electron chi connectivity index (χ1n) is 11.4. The zero-order valence-electron chi connectivity index (χ0n) is 18.8. The molecule has 2 aromatic heterocycles. The minimum absolute atomic E-state index is 0.0114. The first-order chi connectivity index (χ1) is 16.2. The first kappa shape index (κ1) is 22.0. The molecular weight excluding hydrogens is 430 g/mol. The van der Waals surface area contributed by atoms with Crippen LogP contribution in [-0.4, -0.2) is 64.7 Å². The normalized spacial score (nSPS) is 16.2. The molecule has 1 unspecified atom stereocenters. The van der Waals surface area contributed by atoms with E-state index < -0.39 is 0 Å². The Hall–Kier alpha value is -2.84. The lowest BCUT2D eigenvalue weighted by atomic mass is 10.1. The summed E-state index contributed by atoms with van der Waals surface area (Å²) < 4.78 is 1.00. The molecule has 0 radical (unpaired) electrons. The number of thiophene rings is 1. The summed E-state index contributed by atoms with van der Waals surface area (Å²) in [6, 6.07) is 20.7. The zero-order chi connectivity index (χ0) is 22.6. The summed E-state index contributed by atoms with van der Waals surface area (Å²) in [6.07, 6.45) is 1.58. The Morgan fingerprint density at radius 3 is 2.48 bits per heavy atom. The number of anilines is 1. The predicted octanol–water partition coefficient (Wildman–Crippen LogP) is 4.25. The largest absolute Gasteiger partial charge is 0.394 e. The molecule has 33 heavy (non-hydrogen) atoms. The standard InChI is InChI=1S/C26H29N5OS/c1-30-11-13-31(14-12-30)16-19-7-9-21(10-8-19)24-15-22-25(33-24)26(28-18-27-22)29-23(17-32)20-5-3-2-4-6-20/h2-10,15,18,23,32H,11-14,16-17H2,1H3,(H,27,28,29). The third-order valence-corrected chi connectivity index (χ3v) is 7.43. The minimum Gasteiger partial charge on any atom is -0.394 e. The maximum absolute atomic E-state index is 9.94. The minimum atomic E-state index is -0.219. The van der Waals surface area contributed by atoms with Crippen LogP contribution in [0, 0.1) is 0 Å². The van der Waals surface area contributed by atoms with Crippen molar-refractivity contribution in [2.45, 2.75) is 12.6 Å². The van der Waals surface area contributed by atoms with Crippen molar-refractivity contribution >= 4 is 27.4 Å². The molecule has 3 heterocycles. The van der Waals surface area contributed by atoms with Crippen LogP contribution >= 0.6 is 11.3 Å².